The van der Waals surface area contributed by atoms with Gasteiger partial charge in [-0.15, -0.1) is 0 Å². The summed E-state index contributed by atoms with van der Waals surface area (Å²) in [6, 6.07) is 4.49. The average molecular weight is 537 g/mol. The van der Waals surface area contributed by atoms with Crippen molar-refractivity contribution in [3.63, 3.8) is 0 Å². The van der Waals surface area contributed by atoms with Gasteiger partial charge in [-0.1, -0.05) is 39.7 Å². The summed E-state index contributed by atoms with van der Waals surface area (Å²) in [5, 5.41) is 5.39. The number of halogens is 5. The van der Waals surface area contributed by atoms with E-state index in [-0.39, 0.29) is 23.2 Å². The molecule has 0 bridgehead atoms. The van der Waals surface area contributed by atoms with Crippen LogP contribution in [0.3, 0.4) is 0 Å². The number of hydrogen-bond acceptors (Lipinski definition) is 5. The highest BCUT2D eigenvalue weighted by Crippen LogP contribution is 2.46. The minimum absolute atomic E-state index is 0.0742. The van der Waals surface area contributed by atoms with Crippen molar-refractivity contribution in [3.05, 3.63) is 45.1 Å². The zero-order valence-corrected chi connectivity index (χ0v) is 19.3. The molecule has 7 nitrogen and oxygen atoms in total. The molecule has 12 heteroatoms. The quantitative estimate of drug-likeness (QED) is 0.604. The van der Waals surface area contributed by atoms with Crippen molar-refractivity contribution in [2.45, 2.75) is 24.7 Å². The molecule has 1 saturated heterocycles. The molecule has 1 amide bonds. The SMILES string of the molecule is O=C(NCCN1CCOCC1)c1nc2n(c1Cl)[C@H](C(F)(F)F)C[C@H](c1ccc(Br)cc1)N2. The Morgan fingerprint density at radius 3 is 2.62 bits per heavy atom. The van der Waals surface area contributed by atoms with Crippen LogP contribution >= 0.6 is 27.5 Å². The summed E-state index contributed by atoms with van der Waals surface area (Å²) in [5.74, 6) is -0.678. The van der Waals surface area contributed by atoms with Crippen molar-refractivity contribution in [2.75, 3.05) is 44.7 Å². The molecular weight excluding hydrogens is 515 g/mol. The molecule has 1 aromatic heterocycles. The maximum atomic E-state index is 13.9. The first-order valence-electron chi connectivity index (χ1n) is 10.2. The normalized spacial score (nSPS) is 21.7. The Morgan fingerprint density at radius 2 is 1.97 bits per heavy atom. The van der Waals surface area contributed by atoms with E-state index < -0.39 is 24.2 Å². The molecule has 1 fully saturated rings. The Bertz CT molecular complexity index is 963. The summed E-state index contributed by atoms with van der Waals surface area (Å²) in [6.45, 7) is 3.74. The van der Waals surface area contributed by atoms with Gasteiger partial charge in [0.15, 0.2) is 5.69 Å². The largest absolute Gasteiger partial charge is 0.409 e. The van der Waals surface area contributed by atoms with Crippen LogP contribution in [0.4, 0.5) is 19.1 Å². The van der Waals surface area contributed by atoms with Crippen LogP contribution in [0.5, 0.6) is 0 Å². The first kappa shape index (κ1) is 23.3. The maximum Gasteiger partial charge on any atom is 0.409 e. The molecule has 0 radical (unpaired) electrons. The molecule has 2 atom stereocenters. The molecule has 2 aromatic rings. The van der Waals surface area contributed by atoms with Crippen LogP contribution < -0.4 is 10.6 Å². The van der Waals surface area contributed by atoms with E-state index in [1.54, 1.807) is 24.3 Å². The molecule has 1 aromatic carbocycles. The molecule has 32 heavy (non-hydrogen) atoms. The number of anilines is 1. The van der Waals surface area contributed by atoms with Gasteiger partial charge in [-0.2, -0.15) is 13.2 Å². The number of carbonyl (C=O) groups is 1. The van der Waals surface area contributed by atoms with Crippen molar-refractivity contribution in [3.8, 4) is 0 Å². The Balaban J connectivity index is 1.53. The summed E-state index contributed by atoms with van der Waals surface area (Å²) < 4.78 is 48.7. The van der Waals surface area contributed by atoms with Crippen molar-refractivity contribution < 1.29 is 22.7 Å². The number of ether oxygens (including phenoxy) is 1. The third-order valence-corrected chi connectivity index (χ3v) is 6.50. The van der Waals surface area contributed by atoms with Crippen molar-refractivity contribution in [1.82, 2.24) is 19.8 Å². The zero-order valence-electron chi connectivity index (χ0n) is 17.0. The van der Waals surface area contributed by atoms with E-state index in [0.717, 1.165) is 22.1 Å². The summed E-state index contributed by atoms with van der Waals surface area (Å²) in [4.78, 5) is 18.9. The predicted octanol–water partition coefficient (Wildman–Crippen LogP) is 4.02. The molecular formula is C20H22BrClF3N5O2. The number of aromatic nitrogens is 2. The smallest absolute Gasteiger partial charge is 0.379 e. The van der Waals surface area contributed by atoms with Gasteiger partial charge < -0.3 is 15.4 Å². The van der Waals surface area contributed by atoms with Gasteiger partial charge in [0.2, 0.25) is 5.95 Å². The van der Waals surface area contributed by atoms with Crippen molar-refractivity contribution >= 4 is 39.4 Å². The average Bonchev–Trinajstić information content (AvgIpc) is 3.10. The Kier molecular flexibility index (Phi) is 6.99. The fourth-order valence-corrected chi connectivity index (χ4v) is 4.51. The second-order valence-electron chi connectivity index (χ2n) is 7.70. The molecule has 174 valence electrons. The minimum Gasteiger partial charge on any atom is -0.379 e. The van der Waals surface area contributed by atoms with Gasteiger partial charge in [-0.05, 0) is 17.7 Å². The molecule has 0 aliphatic carbocycles. The Morgan fingerprint density at radius 1 is 1.28 bits per heavy atom. The van der Waals surface area contributed by atoms with Crippen LogP contribution in [0.2, 0.25) is 5.15 Å². The zero-order chi connectivity index (χ0) is 22.9. The fraction of sp³-hybridized carbons (Fsp3) is 0.500. The molecule has 4 rings (SSSR count). The van der Waals surface area contributed by atoms with Crippen LogP contribution in [-0.2, 0) is 4.74 Å². The van der Waals surface area contributed by atoms with Gasteiger partial charge in [0, 0.05) is 37.1 Å². The molecule has 0 spiro atoms. The van der Waals surface area contributed by atoms with E-state index in [4.69, 9.17) is 16.3 Å². The topological polar surface area (TPSA) is 71.4 Å². The van der Waals surface area contributed by atoms with Crippen LogP contribution in [0.1, 0.15) is 34.6 Å². The first-order chi connectivity index (χ1) is 15.2. The van der Waals surface area contributed by atoms with E-state index in [9.17, 15) is 18.0 Å². The second-order valence-corrected chi connectivity index (χ2v) is 8.97. The molecule has 0 saturated carbocycles. The van der Waals surface area contributed by atoms with Crippen molar-refractivity contribution in [1.29, 1.82) is 0 Å². The standard InChI is InChI=1S/C20H22BrClF3N5O2/c21-13-3-1-12(2-4-13)14-11-15(20(23,24)25)30-17(22)16(28-19(30)27-14)18(31)26-5-6-29-7-9-32-10-8-29/h1-4,14-15H,5-11H2,(H,26,31)(H,27,28)/t14-,15+/m1/s1. The van der Waals surface area contributed by atoms with E-state index in [2.05, 4.69) is 36.4 Å². The highest BCUT2D eigenvalue weighted by molar-refractivity contribution is 9.10. The van der Waals surface area contributed by atoms with Crippen LogP contribution in [-0.4, -0.2) is 65.9 Å². The lowest BCUT2D eigenvalue weighted by molar-refractivity contribution is -0.171. The van der Waals surface area contributed by atoms with Crippen LogP contribution in [0.15, 0.2) is 28.7 Å². The van der Waals surface area contributed by atoms with Gasteiger partial charge in [0.1, 0.15) is 11.2 Å². The number of hydrogen-bond donors (Lipinski definition) is 2. The lowest BCUT2D eigenvalue weighted by atomic mass is 9.97. The Labute approximate surface area is 196 Å². The van der Waals surface area contributed by atoms with E-state index in [0.29, 0.717) is 31.9 Å². The number of alkyl halides is 3. The predicted molar refractivity (Wildman–Crippen MR) is 117 cm³/mol. The van der Waals surface area contributed by atoms with Crippen LogP contribution in [0, 0.1) is 0 Å². The van der Waals surface area contributed by atoms with Gasteiger partial charge in [0.25, 0.3) is 5.91 Å². The molecule has 2 aliphatic rings. The third kappa shape index (κ3) is 5.05. The summed E-state index contributed by atoms with van der Waals surface area (Å²) >= 11 is 9.57. The first-order valence-corrected chi connectivity index (χ1v) is 11.4. The number of morpholine rings is 1. The molecule has 2 aliphatic heterocycles. The number of carbonyl (C=O) groups excluding carboxylic acids is 1. The Hall–Kier alpha value is -1.82. The number of fused-ring (bicyclic) bond motifs is 1. The summed E-state index contributed by atoms with van der Waals surface area (Å²) in [6.07, 6.45) is -4.83. The van der Waals surface area contributed by atoms with Gasteiger partial charge in [0.05, 0.1) is 19.3 Å². The minimum atomic E-state index is -4.56. The molecule has 2 N–H and O–H groups in total. The van der Waals surface area contributed by atoms with Gasteiger partial charge >= 0.3 is 6.18 Å². The van der Waals surface area contributed by atoms with E-state index >= 15 is 0 Å². The second kappa shape index (κ2) is 9.58. The lowest BCUT2D eigenvalue weighted by Crippen LogP contribution is -2.41. The monoisotopic (exact) mass is 535 g/mol. The lowest BCUT2D eigenvalue weighted by Gasteiger charge is -2.34. The highest BCUT2D eigenvalue weighted by Gasteiger charge is 2.47. The summed E-state index contributed by atoms with van der Waals surface area (Å²) in [5.41, 5.74) is 0.464. The number of nitrogens with one attached hydrogen (secondary N) is 2. The number of nitrogens with zero attached hydrogens (tertiary/aromatic N) is 3. The number of rotatable bonds is 5. The maximum absolute atomic E-state index is 13.9. The highest BCUT2D eigenvalue weighted by atomic mass is 79.9. The van der Waals surface area contributed by atoms with Gasteiger partial charge in [-0.25, -0.2) is 4.98 Å². The number of amides is 1. The number of imidazole rings is 1. The summed E-state index contributed by atoms with van der Waals surface area (Å²) in [7, 11) is 0. The molecule has 0 unspecified atom stereocenters. The van der Waals surface area contributed by atoms with E-state index in [1.807, 2.05) is 0 Å². The van der Waals surface area contributed by atoms with E-state index in [1.165, 1.54) is 0 Å². The van der Waals surface area contributed by atoms with Crippen LogP contribution in [0.25, 0.3) is 0 Å². The fourth-order valence-electron chi connectivity index (χ4n) is 3.92. The molecule has 3 heterocycles. The number of benzene rings is 1. The third-order valence-electron chi connectivity index (χ3n) is 5.61. The van der Waals surface area contributed by atoms with Crippen molar-refractivity contribution in [2.24, 2.45) is 0 Å². The van der Waals surface area contributed by atoms with Gasteiger partial charge in [-0.3, -0.25) is 14.3 Å².